The van der Waals surface area contributed by atoms with Crippen LogP contribution >= 0.6 is 0 Å². The van der Waals surface area contributed by atoms with E-state index in [1.54, 1.807) is 6.08 Å². The predicted molar refractivity (Wildman–Crippen MR) is 97.1 cm³/mol. The Morgan fingerprint density at radius 1 is 0.783 bits per heavy atom. The number of hydrogen-bond donors (Lipinski definition) is 1. The summed E-state index contributed by atoms with van der Waals surface area (Å²) in [5.41, 5.74) is 0. The number of unbranched alkanes of at least 4 members (excludes halogenated alkanes) is 9. The van der Waals surface area contributed by atoms with Gasteiger partial charge in [0.15, 0.2) is 0 Å². The molecular weight excluding hydrogens is 288 g/mol. The number of hydrogen-bond acceptors (Lipinski definition) is 3. The standard InChI is InChI=1S/C20H32O3/c1-2-3-4-5-6-7-8-9-10-11-12-13-14-15-16-17-18-19-20(21)23-22/h12-19,22H,2-11H2,1H3. The minimum atomic E-state index is -0.778. The van der Waals surface area contributed by atoms with Gasteiger partial charge in [-0.15, -0.1) is 0 Å². The van der Waals surface area contributed by atoms with E-state index in [0.29, 0.717) is 0 Å². The summed E-state index contributed by atoms with van der Waals surface area (Å²) in [6.45, 7) is 2.26. The maximum absolute atomic E-state index is 10.6. The van der Waals surface area contributed by atoms with Crippen LogP contribution in [0.2, 0.25) is 0 Å². The van der Waals surface area contributed by atoms with Crippen molar-refractivity contribution in [1.82, 2.24) is 0 Å². The highest BCUT2D eigenvalue weighted by atomic mass is 17.1. The topological polar surface area (TPSA) is 46.5 Å². The van der Waals surface area contributed by atoms with Crippen molar-refractivity contribution in [1.29, 1.82) is 0 Å². The van der Waals surface area contributed by atoms with Crippen LogP contribution in [0, 0.1) is 0 Å². The van der Waals surface area contributed by atoms with Crippen molar-refractivity contribution >= 4 is 5.97 Å². The molecule has 0 saturated carbocycles. The molecular formula is C20H32O3. The maximum Gasteiger partial charge on any atom is 0.365 e. The van der Waals surface area contributed by atoms with E-state index in [1.165, 1.54) is 63.9 Å². The molecule has 0 rings (SSSR count). The van der Waals surface area contributed by atoms with Crippen molar-refractivity contribution < 1.29 is 14.9 Å². The Kier molecular flexibility index (Phi) is 17.1. The fourth-order valence-corrected chi connectivity index (χ4v) is 2.17. The van der Waals surface area contributed by atoms with Crippen LogP contribution in [0.3, 0.4) is 0 Å². The van der Waals surface area contributed by atoms with Crippen LogP contribution in [-0.2, 0) is 9.68 Å². The lowest BCUT2D eigenvalue weighted by Crippen LogP contribution is -1.93. The summed E-state index contributed by atoms with van der Waals surface area (Å²) in [5.74, 6) is -0.778. The van der Waals surface area contributed by atoms with Gasteiger partial charge in [-0.25, -0.2) is 4.79 Å². The van der Waals surface area contributed by atoms with E-state index >= 15 is 0 Å². The highest BCUT2D eigenvalue weighted by Crippen LogP contribution is 2.10. The van der Waals surface area contributed by atoms with Gasteiger partial charge in [0.25, 0.3) is 0 Å². The molecule has 0 heterocycles. The zero-order valence-electron chi connectivity index (χ0n) is 14.5. The number of rotatable bonds is 14. The molecule has 0 unspecified atom stereocenters. The molecule has 0 fully saturated rings. The Labute approximate surface area is 141 Å². The molecule has 0 aromatic carbocycles. The molecule has 0 atom stereocenters. The van der Waals surface area contributed by atoms with Crippen LogP contribution in [0.5, 0.6) is 0 Å². The summed E-state index contributed by atoms with van der Waals surface area (Å²) in [4.78, 5) is 14.0. The van der Waals surface area contributed by atoms with Gasteiger partial charge in [0, 0.05) is 6.08 Å². The first-order valence-corrected chi connectivity index (χ1v) is 8.83. The Bertz CT molecular complexity index is 378. The van der Waals surface area contributed by atoms with Crippen LogP contribution in [-0.4, -0.2) is 11.2 Å². The van der Waals surface area contributed by atoms with Crippen molar-refractivity contribution in [2.75, 3.05) is 0 Å². The van der Waals surface area contributed by atoms with Crippen LogP contribution < -0.4 is 0 Å². The normalized spacial score (nSPS) is 12.3. The summed E-state index contributed by atoms with van der Waals surface area (Å²) >= 11 is 0. The summed E-state index contributed by atoms with van der Waals surface area (Å²) in [6.07, 6.45) is 27.6. The van der Waals surface area contributed by atoms with E-state index in [0.717, 1.165) is 12.5 Å². The molecule has 0 spiro atoms. The van der Waals surface area contributed by atoms with Crippen LogP contribution in [0.1, 0.15) is 71.1 Å². The van der Waals surface area contributed by atoms with Gasteiger partial charge in [-0.05, 0) is 12.8 Å². The second-order valence-corrected chi connectivity index (χ2v) is 5.58. The van der Waals surface area contributed by atoms with Gasteiger partial charge < -0.3 is 0 Å². The highest BCUT2D eigenvalue weighted by molar-refractivity contribution is 5.81. The third-order valence-electron chi connectivity index (χ3n) is 3.49. The van der Waals surface area contributed by atoms with Crippen molar-refractivity contribution in [3.05, 3.63) is 48.6 Å². The van der Waals surface area contributed by atoms with Gasteiger partial charge in [0.2, 0.25) is 0 Å². The number of carbonyl (C=O) groups excluding carboxylic acids is 1. The third kappa shape index (κ3) is 18.3. The van der Waals surface area contributed by atoms with E-state index < -0.39 is 5.97 Å². The maximum atomic E-state index is 10.6. The SMILES string of the molecule is CCCCCCCCCCCC=CC=CC=CC=CC(=O)OO. The lowest BCUT2D eigenvalue weighted by molar-refractivity contribution is -0.228. The van der Waals surface area contributed by atoms with Crippen LogP contribution in [0.15, 0.2) is 48.6 Å². The van der Waals surface area contributed by atoms with E-state index in [1.807, 2.05) is 24.3 Å². The molecule has 0 aliphatic heterocycles. The second kappa shape index (κ2) is 18.4. The first-order valence-electron chi connectivity index (χ1n) is 8.83. The zero-order chi connectivity index (χ0) is 17.0. The molecule has 1 N–H and O–H groups in total. The molecule has 0 amide bonds. The minimum Gasteiger partial charge on any atom is -0.296 e. The molecule has 0 aromatic heterocycles. The van der Waals surface area contributed by atoms with Crippen molar-refractivity contribution in [3.63, 3.8) is 0 Å². The molecule has 0 aromatic rings. The summed E-state index contributed by atoms with van der Waals surface area (Å²) in [6, 6.07) is 0. The first kappa shape index (κ1) is 21.4. The lowest BCUT2D eigenvalue weighted by atomic mass is 10.1. The molecule has 0 saturated heterocycles. The quantitative estimate of drug-likeness (QED) is 0.137. The van der Waals surface area contributed by atoms with E-state index in [-0.39, 0.29) is 0 Å². The minimum absolute atomic E-state index is 0.778. The summed E-state index contributed by atoms with van der Waals surface area (Å²) in [7, 11) is 0. The zero-order valence-corrected chi connectivity index (χ0v) is 14.5. The Morgan fingerprint density at radius 3 is 1.91 bits per heavy atom. The molecule has 130 valence electrons. The lowest BCUT2D eigenvalue weighted by Gasteiger charge is -2.00. The fraction of sp³-hybridized carbons (Fsp3) is 0.550. The van der Waals surface area contributed by atoms with Gasteiger partial charge in [-0.2, -0.15) is 5.26 Å². The Morgan fingerprint density at radius 2 is 1.30 bits per heavy atom. The van der Waals surface area contributed by atoms with E-state index in [9.17, 15) is 4.79 Å². The average molecular weight is 320 g/mol. The van der Waals surface area contributed by atoms with Crippen LogP contribution in [0.4, 0.5) is 0 Å². The van der Waals surface area contributed by atoms with Crippen molar-refractivity contribution in [3.8, 4) is 0 Å². The Hall–Kier alpha value is -1.61. The van der Waals surface area contributed by atoms with E-state index in [4.69, 9.17) is 5.26 Å². The van der Waals surface area contributed by atoms with Gasteiger partial charge in [0.1, 0.15) is 0 Å². The largest absolute Gasteiger partial charge is 0.365 e. The van der Waals surface area contributed by atoms with Gasteiger partial charge in [-0.1, -0.05) is 101 Å². The smallest absolute Gasteiger partial charge is 0.296 e. The molecule has 0 radical (unpaired) electrons. The van der Waals surface area contributed by atoms with Gasteiger partial charge >= 0.3 is 5.97 Å². The van der Waals surface area contributed by atoms with Gasteiger partial charge in [-0.3, -0.25) is 4.89 Å². The third-order valence-corrected chi connectivity index (χ3v) is 3.49. The monoisotopic (exact) mass is 320 g/mol. The first-order chi connectivity index (χ1) is 11.3. The average Bonchev–Trinajstić information content (AvgIpc) is 2.57. The van der Waals surface area contributed by atoms with Crippen LogP contribution in [0.25, 0.3) is 0 Å². The number of carbonyl (C=O) groups is 1. The molecule has 3 heteroatoms. The van der Waals surface area contributed by atoms with Crippen molar-refractivity contribution in [2.24, 2.45) is 0 Å². The molecule has 23 heavy (non-hydrogen) atoms. The molecule has 3 nitrogen and oxygen atoms in total. The molecule has 0 bridgehead atoms. The Balaban J connectivity index is 3.40. The predicted octanol–water partition coefficient (Wildman–Crippen LogP) is 6.15. The summed E-state index contributed by atoms with van der Waals surface area (Å²) < 4.78 is 0. The molecule has 0 aliphatic carbocycles. The fourth-order valence-electron chi connectivity index (χ4n) is 2.17. The number of allylic oxidation sites excluding steroid dienone is 7. The van der Waals surface area contributed by atoms with Crippen molar-refractivity contribution in [2.45, 2.75) is 71.1 Å². The highest BCUT2D eigenvalue weighted by Gasteiger charge is 1.91. The van der Waals surface area contributed by atoms with Gasteiger partial charge in [0.05, 0.1) is 0 Å². The molecule has 0 aliphatic rings. The second-order valence-electron chi connectivity index (χ2n) is 5.58. The summed E-state index contributed by atoms with van der Waals surface area (Å²) in [5, 5.41) is 8.02. The van der Waals surface area contributed by atoms with E-state index in [2.05, 4.69) is 17.9 Å².